The number of alkyl halides is 2. The van der Waals surface area contributed by atoms with Crippen molar-refractivity contribution >= 4 is 23.7 Å². The highest BCUT2D eigenvalue weighted by Gasteiger charge is 2.55. The molecule has 7 heteroatoms. The smallest absolute Gasteiger partial charge is 0.411 e. The first-order valence-corrected chi connectivity index (χ1v) is 7.55. The number of ether oxygens (including phenoxy) is 2. The summed E-state index contributed by atoms with van der Waals surface area (Å²) < 4.78 is 24.1. The maximum Gasteiger partial charge on any atom is 0.411 e. The predicted octanol–water partition coefficient (Wildman–Crippen LogP) is 3.06. The number of methoxy groups -OCH3 is 1. The zero-order chi connectivity index (χ0) is 17.1. The van der Waals surface area contributed by atoms with E-state index in [1.54, 1.807) is 20.8 Å². The van der Waals surface area contributed by atoms with E-state index < -0.39 is 29.4 Å². The molecule has 0 saturated carbocycles. The molecular weight excluding hydrogens is 313 g/mol. The van der Waals surface area contributed by atoms with E-state index in [4.69, 9.17) is 21.1 Å². The van der Waals surface area contributed by atoms with Crippen molar-refractivity contribution in [3.63, 3.8) is 0 Å². The number of rotatable bonds is 4. The van der Waals surface area contributed by atoms with Crippen LogP contribution in [-0.4, -0.2) is 53.8 Å². The van der Waals surface area contributed by atoms with E-state index in [2.05, 4.69) is 6.58 Å². The van der Waals surface area contributed by atoms with E-state index in [1.807, 2.05) is 0 Å². The van der Waals surface area contributed by atoms with Crippen molar-refractivity contribution in [1.82, 2.24) is 4.90 Å². The lowest BCUT2D eigenvalue weighted by molar-refractivity contribution is -0.153. The van der Waals surface area contributed by atoms with Crippen LogP contribution in [0, 0.1) is 0 Å². The van der Waals surface area contributed by atoms with E-state index in [-0.39, 0.29) is 25.3 Å². The fraction of sp³-hybridized carbons (Fsp3) is 0.733. The number of carbonyl (C=O) groups is 2. The minimum absolute atomic E-state index is 0.0445. The molecule has 0 N–H and O–H groups in total. The normalized spacial score (nSPS) is 25.0. The molecule has 5 nitrogen and oxygen atoms in total. The van der Waals surface area contributed by atoms with Gasteiger partial charge in [0.25, 0.3) is 0 Å². The molecule has 2 atom stereocenters. The van der Waals surface area contributed by atoms with Crippen molar-refractivity contribution in [1.29, 1.82) is 0 Å². The zero-order valence-electron chi connectivity index (χ0n) is 13.4. The number of hydrogen-bond donors (Lipinski definition) is 0. The Bertz CT molecular complexity index is 463. The van der Waals surface area contributed by atoms with Crippen LogP contribution >= 0.6 is 11.6 Å². The average molecular weight is 336 g/mol. The topological polar surface area (TPSA) is 55.8 Å². The second kappa shape index (κ2) is 6.86. The van der Waals surface area contributed by atoms with Crippen LogP contribution in [0.2, 0.25) is 0 Å². The lowest BCUT2D eigenvalue weighted by atomic mass is 9.88. The number of likely N-dealkylation sites (tertiary alicyclic amines) is 1. The highest BCUT2D eigenvalue weighted by molar-refractivity contribution is 6.19. The van der Waals surface area contributed by atoms with Crippen molar-refractivity contribution in [3.05, 3.63) is 12.2 Å². The van der Waals surface area contributed by atoms with Gasteiger partial charge < -0.3 is 9.47 Å². The van der Waals surface area contributed by atoms with Crippen LogP contribution in [0.15, 0.2) is 12.2 Å². The number of hydrogen-bond acceptors (Lipinski definition) is 4. The fourth-order valence-electron chi connectivity index (χ4n) is 2.56. The molecule has 1 aliphatic rings. The van der Waals surface area contributed by atoms with Crippen LogP contribution < -0.4 is 0 Å². The van der Waals surface area contributed by atoms with Gasteiger partial charge >= 0.3 is 12.1 Å². The van der Waals surface area contributed by atoms with Crippen molar-refractivity contribution in [3.8, 4) is 0 Å². The van der Waals surface area contributed by atoms with Gasteiger partial charge in [0, 0.05) is 18.7 Å². The molecule has 0 radical (unpaired) electrons. The molecule has 0 aromatic heterocycles. The molecule has 1 heterocycles. The number of halogens is 2. The van der Waals surface area contributed by atoms with Crippen molar-refractivity contribution in [2.45, 2.75) is 50.9 Å². The highest BCUT2D eigenvalue weighted by atomic mass is 35.5. The summed E-state index contributed by atoms with van der Waals surface area (Å²) in [7, 11) is 1.20. The standard InChI is InChI=1S/C15H23ClFNO4/c1-10(8-16)6-15(12(19)21-5)7-11(17)9-18(15)13(20)22-14(2,3)4/h11H,1,6-9H2,2-5H3/t11-,15+/m1/s1. The molecular formula is C15H23ClFNO4. The molecule has 1 rings (SSSR count). The summed E-state index contributed by atoms with van der Waals surface area (Å²) in [5, 5.41) is 0. The second-order valence-electron chi connectivity index (χ2n) is 6.48. The number of carbonyl (C=O) groups excluding carboxylic acids is 2. The van der Waals surface area contributed by atoms with E-state index in [0.29, 0.717) is 5.57 Å². The molecule has 0 unspecified atom stereocenters. The average Bonchev–Trinajstić information content (AvgIpc) is 2.73. The lowest BCUT2D eigenvalue weighted by Gasteiger charge is -2.36. The summed E-state index contributed by atoms with van der Waals surface area (Å²) >= 11 is 5.73. The molecule has 1 fully saturated rings. The monoisotopic (exact) mass is 335 g/mol. The summed E-state index contributed by atoms with van der Waals surface area (Å²) in [5.41, 5.74) is -1.69. The first-order valence-electron chi connectivity index (χ1n) is 7.01. The Morgan fingerprint density at radius 3 is 2.50 bits per heavy atom. The summed E-state index contributed by atoms with van der Waals surface area (Å²) in [6.45, 7) is 8.63. The molecule has 0 aromatic rings. The van der Waals surface area contributed by atoms with Crippen LogP contribution in [0.25, 0.3) is 0 Å². The van der Waals surface area contributed by atoms with Gasteiger partial charge in [-0.2, -0.15) is 0 Å². The molecule has 126 valence electrons. The Labute approximate surface area is 135 Å². The summed E-state index contributed by atoms with van der Waals surface area (Å²) in [4.78, 5) is 25.8. The largest absolute Gasteiger partial charge is 0.467 e. The fourth-order valence-corrected chi connectivity index (χ4v) is 2.66. The first kappa shape index (κ1) is 18.7. The van der Waals surface area contributed by atoms with Gasteiger partial charge in [0.15, 0.2) is 5.54 Å². The van der Waals surface area contributed by atoms with Crippen molar-refractivity contribution < 1.29 is 23.5 Å². The summed E-state index contributed by atoms with van der Waals surface area (Å²) in [6, 6.07) is 0. The Morgan fingerprint density at radius 2 is 2.05 bits per heavy atom. The summed E-state index contributed by atoms with van der Waals surface area (Å²) in [5.74, 6) is -0.581. The third-order valence-electron chi connectivity index (χ3n) is 3.37. The van der Waals surface area contributed by atoms with Gasteiger partial charge in [-0.15, -0.1) is 11.6 Å². The minimum Gasteiger partial charge on any atom is -0.467 e. The van der Waals surface area contributed by atoms with Gasteiger partial charge in [-0.1, -0.05) is 12.2 Å². The van der Waals surface area contributed by atoms with Gasteiger partial charge in [0.1, 0.15) is 11.8 Å². The number of nitrogens with zero attached hydrogens (tertiary/aromatic N) is 1. The Hall–Kier alpha value is -1.30. The number of amides is 1. The Morgan fingerprint density at radius 1 is 1.45 bits per heavy atom. The third-order valence-corrected chi connectivity index (χ3v) is 3.75. The van der Waals surface area contributed by atoms with E-state index in [9.17, 15) is 14.0 Å². The third kappa shape index (κ3) is 4.12. The van der Waals surface area contributed by atoms with Crippen LogP contribution in [0.3, 0.4) is 0 Å². The minimum atomic E-state index is -1.46. The van der Waals surface area contributed by atoms with Gasteiger partial charge in [-0.3, -0.25) is 4.90 Å². The molecule has 1 aliphatic heterocycles. The molecule has 1 saturated heterocycles. The Balaban J connectivity index is 3.17. The van der Waals surface area contributed by atoms with Crippen molar-refractivity contribution in [2.24, 2.45) is 0 Å². The van der Waals surface area contributed by atoms with Crippen LogP contribution in [0.5, 0.6) is 0 Å². The van der Waals surface area contributed by atoms with Gasteiger partial charge in [-0.05, 0) is 20.8 Å². The molecule has 1 amide bonds. The number of esters is 1. The molecule has 0 aliphatic carbocycles. The SMILES string of the molecule is C=C(CCl)C[C@@]1(C(=O)OC)C[C@@H](F)CN1C(=O)OC(C)(C)C. The molecule has 0 spiro atoms. The van der Waals surface area contributed by atoms with Crippen LogP contribution in [-0.2, 0) is 14.3 Å². The summed E-state index contributed by atoms with van der Waals surface area (Å²) in [6.07, 6.45) is -2.20. The molecule has 22 heavy (non-hydrogen) atoms. The van der Waals surface area contributed by atoms with Gasteiger partial charge in [0.2, 0.25) is 0 Å². The zero-order valence-corrected chi connectivity index (χ0v) is 14.2. The highest BCUT2D eigenvalue weighted by Crippen LogP contribution is 2.38. The second-order valence-corrected chi connectivity index (χ2v) is 6.74. The quantitative estimate of drug-likeness (QED) is 0.450. The molecule has 0 bridgehead atoms. The van der Waals surface area contributed by atoms with Gasteiger partial charge in [0.05, 0.1) is 13.7 Å². The van der Waals surface area contributed by atoms with Crippen LogP contribution in [0.1, 0.15) is 33.6 Å². The molecule has 0 aromatic carbocycles. The van der Waals surface area contributed by atoms with Crippen LogP contribution in [0.4, 0.5) is 9.18 Å². The van der Waals surface area contributed by atoms with E-state index >= 15 is 0 Å². The van der Waals surface area contributed by atoms with E-state index in [1.165, 1.54) is 7.11 Å². The lowest BCUT2D eigenvalue weighted by Crippen LogP contribution is -2.55. The maximum absolute atomic E-state index is 14.0. The maximum atomic E-state index is 14.0. The predicted molar refractivity (Wildman–Crippen MR) is 81.7 cm³/mol. The van der Waals surface area contributed by atoms with Gasteiger partial charge in [-0.25, -0.2) is 14.0 Å². The Kier molecular flexibility index (Phi) is 5.84. The first-order chi connectivity index (χ1) is 10.1. The van der Waals surface area contributed by atoms with E-state index in [0.717, 1.165) is 4.90 Å². The van der Waals surface area contributed by atoms with Crippen molar-refractivity contribution in [2.75, 3.05) is 19.5 Å².